The fourth-order valence-electron chi connectivity index (χ4n) is 2.81. The molecule has 29 heavy (non-hydrogen) atoms. The number of carbonyl (C=O) groups is 1. The van der Waals surface area contributed by atoms with Crippen molar-refractivity contribution in [2.24, 2.45) is 0 Å². The number of anilines is 1. The standard InChI is InChI=1S/C22H22N2O4S/c1-14-23-18(13-29-14)16-6-5-7-17(12-16)24-21(25)9-8-15-10-19(26-2)22(28-4)20(11-15)27-3/h5-13H,1-4H3,(H,24,25)/b9-8+. The highest BCUT2D eigenvalue weighted by atomic mass is 32.1. The molecule has 1 aromatic heterocycles. The number of rotatable bonds is 7. The number of benzene rings is 2. The fourth-order valence-corrected chi connectivity index (χ4v) is 3.43. The average Bonchev–Trinajstić information content (AvgIpc) is 3.18. The SMILES string of the molecule is COc1cc(/C=C/C(=O)Nc2cccc(-c3csc(C)n3)c2)cc(OC)c1OC. The number of hydrogen-bond acceptors (Lipinski definition) is 6. The Morgan fingerprint density at radius 1 is 1.07 bits per heavy atom. The van der Waals surface area contributed by atoms with Gasteiger partial charge in [-0.3, -0.25) is 4.79 Å². The molecule has 2 aromatic carbocycles. The van der Waals surface area contributed by atoms with Crippen LogP contribution in [-0.2, 0) is 4.79 Å². The average molecular weight is 410 g/mol. The van der Waals surface area contributed by atoms with E-state index in [0.29, 0.717) is 22.9 Å². The summed E-state index contributed by atoms with van der Waals surface area (Å²) in [6, 6.07) is 11.2. The summed E-state index contributed by atoms with van der Waals surface area (Å²) in [5.74, 6) is 1.31. The lowest BCUT2D eigenvalue weighted by Gasteiger charge is -2.12. The Hall–Kier alpha value is -3.32. The molecular formula is C22H22N2O4S. The summed E-state index contributed by atoms with van der Waals surface area (Å²) in [7, 11) is 4.65. The third-order valence-electron chi connectivity index (χ3n) is 4.16. The monoisotopic (exact) mass is 410 g/mol. The van der Waals surface area contributed by atoms with E-state index in [0.717, 1.165) is 21.8 Å². The molecule has 0 radical (unpaired) electrons. The maximum Gasteiger partial charge on any atom is 0.248 e. The first-order chi connectivity index (χ1) is 14.0. The number of aromatic nitrogens is 1. The molecule has 1 N–H and O–H groups in total. The van der Waals surface area contributed by atoms with Crippen LogP contribution in [-0.4, -0.2) is 32.2 Å². The number of aryl methyl sites for hydroxylation is 1. The van der Waals surface area contributed by atoms with Gasteiger partial charge in [0.2, 0.25) is 11.7 Å². The van der Waals surface area contributed by atoms with Crippen LogP contribution in [0.25, 0.3) is 17.3 Å². The zero-order chi connectivity index (χ0) is 20.8. The summed E-state index contributed by atoms with van der Waals surface area (Å²) in [6.07, 6.45) is 3.15. The second-order valence-electron chi connectivity index (χ2n) is 6.11. The first-order valence-electron chi connectivity index (χ1n) is 8.85. The lowest BCUT2D eigenvalue weighted by atomic mass is 10.1. The molecule has 7 heteroatoms. The normalized spacial score (nSPS) is 10.8. The molecule has 0 saturated carbocycles. The summed E-state index contributed by atoms with van der Waals surface area (Å²) in [6.45, 7) is 1.97. The quantitative estimate of drug-likeness (QED) is 0.567. The van der Waals surface area contributed by atoms with E-state index in [1.165, 1.54) is 6.08 Å². The number of ether oxygens (including phenoxy) is 3. The van der Waals surface area contributed by atoms with E-state index >= 15 is 0 Å². The first-order valence-corrected chi connectivity index (χ1v) is 9.73. The number of amides is 1. The number of thiazole rings is 1. The largest absolute Gasteiger partial charge is 0.493 e. The van der Waals surface area contributed by atoms with Gasteiger partial charge >= 0.3 is 0 Å². The van der Waals surface area contributed by atoms with E-state index in [4.69, 9.17) is 14.2 Å². The predicted molar refractivity (Wildman–Crippen MR) is 116 cm³/mol. The minimum absolute atomic E-state index is 0.245. The molecule has 0 saturated heterocycles. The highest BCUT2D eigenvalue weighted by Crippen LogP contribution is 2.38. The van der Waals surface area contributed by atoms with Gasteiger partial charge in [0.1, 0.15) is 0 Å². The Bertz CT molecular complexity index is 1020. The van der Waals surface area contributed by atoms with Crippen LogP contribution < -0.4 is 19.5 Å². The van der Waals surface area contributed by atoms with Gasteiger partial charge in [0.15, 0.2) is 11.5 Å². The second kappa shape index (κ2) is 9.25. The van der Waals surface area contributed by atoms with Crippen LogP contribution in [0.3, 0.4) is 0 Å². The summed E-state index contributed by atoms with van der Waals surface area (Å²) in [5.41, 5.74) is 3.31. The molecule has 0 unspecified atom stereocenters. The summed E-state index contributed by atoms with van der Waals surface area (Å²) in [5, 5.41) is 5.87. The summed E-state index contributed by atoms with van der Waals surface area (Å²) < 4.78 is 16.0. The summed E-state index contributed by atoms with van der Waals surface area (Å²) >= 11 is 1.59. The van der Waals surface area contributed by atoms with Crippen LogP contribution in [0.4, 0.5) is 5.69 Å². The number of nitrogens with one attached hydrogen (secondary N) is 1. The van der Waals surface area contributed by atoms with E-state index in [2.05, 4.69) is 10.3 Å². The van der Waals surface area contributed by atoms with Crippen molar-refractivity contribution in [2.45, 2.75) is 6.92 Å². The lowest BCUT2D eigenvalue weighted by Crippen LogP contribution is -2.07. The molecule has 0 fully saturated rings. The Labute approximate surface area is 173 Å². The molecule has 1 amide bonds. The van der Waals surface area contributed by atoms with Crippen LogP contribution >= 0.6 is 11.3 Å². The van der Waals surface area contributed by atoms with Crippen LogP contribution in [0.2, 0.25) is 0 Å². The van der Waals surface area contributed by atoms with Gasteiger partial charge in [0.25, 0.3) is 0 Å². The van der Waals surface area contributed by atoms with Gasteiger partial charge in [0, 0.05) is 22.7 Å². The molecule has 0 aliphatic rings. The minimum Gasteiger partial charge on any atom is -0.493 e. The molecule has 0 spiro atoms. The molecule has 3 rings (SSSR count). The molecule has 0 aliphatic heterocycles. The molecule has 0 atom stereocenters. The van der Waals surface area contributed by atoms with Crippen molar-refractivity contribution in [3.05, 3.63) is 58.4 Å². The van der Waals surface area contributed by atoms with Gasteiger partial charge in [-0.05, 0) is 42.8 Å². The zero-order valence-electron chi connectivity index (χ0n) is 16.7. The van der Waals surface area contributed by atoms with Gasteiger partial charge in [-0.25, -0.2) is 4.98 Å². The van der Waals surface area contributed by atoms with Gasteiger partial charge in [-0.15, -0.1) is 11.3 Å². The minimum atomic E-state index is -0.245. The van der Waals surface area contributed by atoms with Crippen LogP contribution in [0.5, 0.6) is 17.2 Å². The van der Waals surface area contributed by atoms with Crippen LogP contribution in [0.1, 0.15) is 10.6 Å². The number of hydrogen-bond donors (Lipinski definition) is 1. The van der Waals surface area contributed by atoms with Crippen molar-refractivity contribution in [1.82, 2.24) is 4.98 Å². The van der Waals surface area contributed by atoms with Crippen molar-refractivity contribution in [3.8, 4) is 28.5 Å². The topological polar surface area (TPSA) is 69.7 Å². The third-order valence-corrected chi connectivity index (χ3v) is 4.93. The third kappa shape index (κ3) is 4.94. The first kappa shape index (κ1) is 20.4. The number of nitrogens with zero attached hydrogens (tertiary/aromatic N) is 1. The van der Waals surface area contributed by atoms with Crippen molar-refractivity contribution in [2.75, 3.05) is 26.6 Å². The molecule has 6 nitrogen and oxygen atoms in total. The smallest absolute Gasteiger partial charge is 0.248 e. The van der Waals surface area contributed by atoms with Crippen LogP contribution in [0.15, 0.2) is 47.9 Å². The molecule has 1 heterocycles. The van der Waals surface area contributed by atoms with Gasteiger partial charge in [-0.2, -0.15) is 0 Å². The Morgan fingerprint density at radius 3 is 2.38 bits per heavy atom. The van der Waals surface area contributed by atoms with Crippen molar-refractivity contribution in [3.63, 3.8) is 0 Å². The Morgan fingerprint density at radius 2 is 1.79 bits per heavy atom. The van der Waals surface area contributed by atoms with Gasteiger partial charge in [-0.1, -0.05) is 12.1 Å². The second-order valence-corrected chi connectivity index (χ2v) is 7.18. The highest BCUT2D eigenvalue weighted by Gasteiger charge is 2.12. The number of methoxy groups -OCH3 is 3. The van der Waals surface area contributed by atoms with Crippen molar-refractivity contribution < 1.29 is 19.0 Å². The molecule has 150 valence electrons. The maximum atomic E-state index is 12.4. The molecular weight excluding hydrogens is 388 g/mol. The predicted octanol–water partition coefficient (Wildman–Crippen LogP) is 4.80. The van der Waals surface area contributed by atoms with Gasteiger partial charge in [0.05, 0.1) is 32.0 Å². The zero-order valence-corrected chi connectivity index (χ0v) is 17.5. The Balaban J connectivity index is 1.75. The Kier molecular flexibility index (Phi) is 6.51. The van der Waals surface area contributed by atoms with Crippen molar-refractivity contribution >= 4 is 29.0 Å². The van der Waals surface area contributed by atoms with E-state index < -0.39 is 0 Å². The van der Waals surface area contributed by atoms with E-state index in [9.17, 15) is 4.79 Å². The van der Waals surface area contributed by atoms with Crippen molar-refractivity contribution in [1.29, 1.82) is 0 Å². The molecule has 0 bridgehead atoms. The summed E-state index contributed by atoms with van der Waals surface area (Å²) in [4.78, 5) is 16.9. The van der Waals surface area contributed by atoms with Gasteiger partial charge < -0.3 is 19.5 Å². The molecule has 3 aromatic rings. The maximum absolute atomic E-state index is 12.4. The van der Waals surface area contributed by atoms with E-state index in [1.807, 2.05) is 36.6 Å². The highest BCUT2D eigenvalue weighted by molar-refractivity contribution is 7.09. The van der Waals surface area contributed by atoms with E-state index in [-0.39, 0.29) is 5.91 Å². The fraction of sp³-hybridized carbons (Fsp3) is 0.182. The molecule has 0 aliphatic carbocycles. The number of carbonyl (C=O) groups excluding carboxylic acids is 1. The lowest BCUT2D eigenvalue weighted by molar-refractivity contribution is -0.111. The van der Waals surface area contributed by atoms with Crippen LogP contribution in [0, 0.1) is 6.92 Å². The van der Waals surface area contributed by atoms with E-state index in [1.54, 1.807) is 50.9 Å².